The predicted octanol–water partition coefficient (Wildman–Crippen LogP) is 4.19. The number of aryl methyl sites for hydroxylation is 2. The first-order chi connectivity index (χ1) is 9.02. The summed E-state index contributed by atoms with van der Waals surface area (Å²) >= 11 is 5.88. The summed E-state index contributed by atoms with van der Waals surface area (Å²) in [4.78, 5) is 0. The Kier molecular flexibility index (Phi) is 3.78. The molecule has 0 aliphatic rings. The second-order valence-electron chi connectivity index (χ2n) is 4.68. The number of halogens is 1. The Labute approximate surface area is 118 Å². The summed E-state index contributed by atoms with van der Waals surface area (Å²) in [7, 11) is 0. The van der Waals surface area contributed by atoms with Crippen LogP contribution in [0, 0.1) is 25.2 Å². The highest BCUT2D eigenvalue weighted by atomic mass is 35.5. The zero-order valence-corrected chi connectivity index (χ0v) is 11.7. The van der Waals surface area contributed by atoms with Crippen molar-refractivity contribution < 1.29 is 0 Å². The van der Waals surface area contributed by atoms with E-state index < -0.39 is 0 Å². The standard InChI is InChI=1S/C16H15ClN2/c1-10-8-16(19)11(2)7-14(10)15(9-18)12-3-5-13(17)6-4-12/h3-8,15H,19H2,1-2H3. The van der Waals surface area contributed by atoms with Crippen molar-refractivity contribution in [3.63, 3.8) is 0 Å². The number of hydrogen-bond acceptors (Lipinski definition) is 2. The second kappa shape index (κ2) is 5.34. The zero-order chi connectivity index (χ0) is 14.0. The van der Waals surface area contributed by atoms with Crippen LogP contribution in [0.3, 0.4) is 0 Å². The quantitative estimate of drug-likeness (QED) is 0.832. The molecule has 2 N–H and O–H groups in total. The third kappa shape index (κ3) is 2.72. The molecule has 0 saturated heterocycles. The first kappa shape index (κ1) is 13.5. The fourth-order valence-corrected chi connectivity index (χ4v) is 2.28. The second-order valence-corrected chi connectivity index (χ2v) is 5.12. The van der Waals surface area contributed by atoms with Crippen molar-refractivity contribution in [2.45, 2.75) is 19.8 Å². The molecule has 19 heavy (non-hydrogen) atoms. The number of hydrogen-bond donors (Lipinski definition) is 1. The maximum Gasteiger partial charge on any atom is 0.0965 e. The van der Waals surface area contributed by atoms with Crippen LogP contribution in [0.5, 0.6) is 0 Å². The van der Waals surface area contributed by atoms with Crippen molar-refractivity contribution in [2.24, 2.45) is 0 Å². The molecule has 0 heterocycles. The topological polar surface area (TPSA) is 49.8 Å². The fourth-order valence-electron chi connectivity index (χ4n) is 2.15. The van der Waals surface area contributed by atoms with Gasteiger partial charge >= 0.3 is 0 Å². The third-order valence-electron chi connectivity index (χ3n) is 3.30. The van der Waals surface area contributed by atoms with Crippen LogP contribution in [0.25, 0.3) is 0 Å². The summed E-state index contributed by atoms with van der Waals surface area (Å²) in [5, 5.41) is 10.1. The molecule has 2 aromatic carbocycles. The van der Waals surface area contributed by atoms with Gasteiger partial charge in [-0.05, 0) is 54.3 Å². The van der Waals surface area contributed by atoms with E-state index in [9.17, 15) is 5.26 Å². The van der Waals surface area contributed by atoms with E-state index in [2.05, 4.69) is 6.07 Å². The molecular formula is C16H15ClN2. The van der Waals surface area contributed by atoms with Gasteiger partial charge in [-0.2, -0.15) is 5.26 Å². The molecule has 0 bridgehead atoms. The number of anilines is 1. The molecule has 0 aliphatic heterocycles. The number of benzene rings is 2. The molecule has 0 saturated carbocycles. The molecule has 1 unspecified atom stereocenters. The molecule has 0 amide bonds. The maximum absolute atomic E-state index is 9.47. The highest BCUT2D eigenvalue weighted by Crippen LogP contribution is 2.30. The van der Waals surface area contributed by atoms with Crippen LogP contribution < -0.4 is 5.73 Å². The smallest absolute Gasteiger partial charge is 0.0965 e. The summed E-state index contributed by atoms with van der Waals surface area (Å²) in [6.45, 7) is 3.93. The van der Waals surface area contributed by atoms with Crippen LogP contribution in [0.2, 0.25) is 5.02 Å². The molecule has 0 radical (unpaired) electrons. The van der Waals surface area contributed by atoms with E-state index in [4.69, 9.17) is 17.3 Å². The van der Waals surface area contributed by atoms with E-state index in [-0.39, 0.29) is 5.92 Å². The Balaban J connectivity index is 2.52. The van der Waals surface area contributed by atoms with Crippen molar-refractivity contribution >= 4 is 17.3 Å². The van der Waals surface area contributed by atoms with Crippen LogP contribution >= 0.6 is 11.6 Å². The van der Waals surface area contributed by atoms with Crippen molar-refractivity contribution in [2.75, 3.05) is 5.73 Å². The van der Waals surface area contributed by atoms with Gasteiger partial charge in [-0.1, -0.05) is 29.8 Å². The number of nitrogen functional groups attached to an aromatic ring is 1. The van der Waals surface area contributed by atoms with Crippen molar-refractivity contribution in [3.05, 3.63) is 63.7 Å². The monoisotopic (exact) mass is 270 g/mol. The normalized spacial score (nSPS) is 11.9. The molecule has 3 heteroatoms. The van der Waals surface area contributed by atoms with Gasteiger partial charge in [0, 0.05) is 10.7 Å². The van der Waals surface area contributed by atoms with E-state index in [1.54, 1.807) is 12.1 Å². The van der Waals surface area contributed by atoms with E-state index in [1.165, 1.54) is 0 Å². The van der Waals surface area contributed by atoms with Crippen LogP contribution in [-0.4, -0.2) is 0 Å². The maximum atomic E-state index is 9.47. The van der Waals surface area contributed by atoms with Gasteiger partial charge in [0.1, 0.15) is 0 Å². The average Bonchev–Trinajstić information content (AvgIpc) is 2.38. The molecule has 96 valence electrons. The molecule has 0 spiro atoms. The van der Waals surface area contributed by atoms with Gasteiger partial charge in [0.15, 0.2) is 0 Å². The van der Waals surface area contributed by atoms with Crippen molar-refractivity contribution in [3.8, 4) is 6.07 Å². The molecule has 0 aromatic heterocycles. The Morgan fingerprint density at radius 1 is 1.11 bits per heavy atom. The number of nitrogens with zero attached hydrogens (tertiary/aromatic N) is 1. The van der Waals surface area contributed by atoms with Crippen LogP contribution in [-0.2, 0) is 0 Å². The zero-order valence-electron chi connectivity index (χ0n) is 10.9. The third-order valence-corrected chi connectivity index (χ3v) is 3.55. The number of nitrogens with two attached hydrogens (primary N) is 1. The Hall–Kier alpha value is -1.98. The Bertz CT molecular complexity index is 639. The minimum atomic E-state index is -0.295. The van der Waals surface area contributed by atoms with Gasteiger partial charge in [0.05, 0.1) is 12.0 Å². The average molecular weight is 271 g/mol. The molecular weight excluding hydrogens is 256 g/mol. The van der Waals surface area contributed by atoms with Gasteiger partial charge in [-0.15, -0.1) is 0 Å². The van der Waals surface area contributed by atoms with Gasteiger partial charge in [-0.3, -0.25) is 0 Å². The lowest BCUT2D eigenvalue weighted by molar-refractivity contribution is 1.02. The highest BCUT2D eigenvalue weighted by Gasteiger charge is 2.16. The molecule has 0 fully saturated rings. The molecule has 2 nitrogen and oxygen atoms in total. The van der Waals surface area contributed by atoms with E-state index >= 15 is 0 Å². The summed E-state index contributed by atoms with van der Waals surface area (Å²) in [6.07, 6.45) is 0. The molecule has 2 rings (SSSR count). The molecule has 1 atom stereocenters. The highest BCUT2D eigenvalue weighted by molar-refractivity contribution is 6.30. The van der Waals surface area contributed by atoms with Crippen molar-refractivity contribution in [1.29, 1.82) is 5.26 Å². The van der Waals surface area contributed by atoms with E-state index in [0.717, 1.165) is 27.9 Å². The molecule has 0 aliphatic carbocycles. The Morgan fingerprint density at radius 2 is 1.74 bits per heavy atom. The number of rotatable bonds is 2. The first-order valence-corrected chi connectivity index (χ1v) is 6.42. The first-order valence-electron chi connectivity index (χ1n) is 6.04. The SMILES string of the molecule is Cc1cc(C(C#N)c2ccc(Cl)cc2)c(C)cc1N. The summed E-state index contributed by atoms with van der Waals surface area (Å²) in [5.74, 6) is -0.295. The molecule has 2 aromatic rings. The lowest BCUT2D eigenvalue weighted by Gasteiger charge is -2.15. The van der Waals surface area contributed by atoms with Gasteiger partial charge < -0.3 is 5.73 Å². The Morgan fingerprint density at radius 3 is 2.32 bits per heavy atom. The summed E-state index contributed by atoms with van der Waals surface area (Å²) in [5.41, 5.74) is 10.6. The predicted molar refractivity (Wildman–Crippen MR) is 79.2 cm³/mol. The fraction of sp³-hybridized carbons (Fsp3) is 0.188. The van der Waals surface area contributed by atoms with Gasteiger partial charge in [-0.25, -0.2) is 0 Å². The van der Waals surface area contributed by atoms with Gasteiger partial charge in [0.25, 0.3) is 0 Å². The largest absolute Gasteiger partial charge is 0.399 e. The van der Waals surface area contributed by atoms with Crippen molar-refractivity contribution in [1.82, 2.24) is 0 Å². The minimum Gasteiger partial charge on any atom is -0.399 e. The van der Waals surface area contributed by atoms with E-state index in [1.807, 2.05) is 38.1 Å². The van der Waals surface area contributed by atoms with Crippen LogP contribution in [0.15, 0.2) is 36.4 Å². The summed E-state index contributed by atoms with van der Waals surface area (Å²) < 4.78 is 0. The number of nitriles is 1. The summed E-state index contributed by atoms with van der Waals surface area (Å²) in [6, 6.07) is 13.7. The minimum absolute atomic E-state index is 0.295. The van der Waals surface area contributed by atoms with E-state index in [0.29, 0.717) is 5.02 Å². The van der Waals surface area contributed by atoms with Crippen LogP contribution in [0.1, 0.15) is 28.2 Å². The van der Waals surface area contributed by atoms with Crippen LogP contribution in [0.4, 0.5) is 5.69 Å². The lowest BCUT2D eigenvalue weighted by Crippen LogP contribution is -2.03. The lowest BCUT2D eigenvalue weighted by atomic mass is 9.88. The van der Waals surface area contributed by atoms with Gasteiger partial charge in [0.2, 0.25) is 0 Å².